The molecule has 0 heterocycles. The number of aliphatic hydroxyl groups is 1. The molecule has 0 spiro atoms. The Kier molecular flexibility index (Phi) is 6.13. The molecule has 58 valence electrons. The minimum Gasteiger partial charge on any atom is -0.395 e. The van der Waals surface area contributed by atoms with Gasteiger partial charge in [0.2, 0.25) is 0 Å². The molecule has 0 aromatic heterocycles. The van der Waals surface area contributed by atoms with Crippen molar-refractivity contribution < 1.29 is 5.11 Å². The van der Waals surface area contributed by atoms with Gasteiger partial charge in [-0.05, 0) is 12.8 Å². The van der Waals surface area contributed by atoms with Crippen LogP contribution in [0.4, 0.5) is 0 Å². The first-order valence-corrected chi connectivity index (χ1v) is 3.45. The monoisotopic (exact) mass is 141 g/mol. The molecule has 0 aromatic carbocycles. The normalized spacial score (nSPS) is 13.8. The van der Waals surface area contributed by atoms with Gasteiger partial charge in [-0.1, -0.05) is 24.8 Å². The third-order valence-electron chi connectivity index (χ3n) is 1.21. The SMILES string of the molecule is C=C/C=C\CC[C@@H](N)CO. The van der Waals surface area contributed by atoms with E-state index in [1.54, 1.807) is 6.08 Å². The minimum absolute atomic E-state index is 0.0714. The summed E-state index contributed by atoms with van der Waals surface area (Å²) in [4.78, 5) is 0. The highest BCUT2D eigenvalue weighted by atomic mass is 16.3. The van der Waals surface area contributed by atoms with Crippen molar-refractivity contribution in [1.29, 1.82) is 0 Å². The van der Waals surface area contributed by atoms with Crippen molar-refractivity contribution in [1.82, 2.24) is 0 Å². The van der Waals surface area contributed by atoms with Crippen LogP contribution < -0.4 is 5.73 Å². The second kappa shape index (κ2) is 6.52. The van der Waals surface area contributed by atoms with Gasteiger partial charge in [-0.15, -0.1) is 0 Å². The number of allylic oxidation sites excluding steroid dienone is 3. The molecule has 0 aliphatic heterocycles. The number of nitrogens with two attached hydrogens (primary N) is 1. The zero-order valence-corrected chi connectivity index (χ0v) is 6.16. The maximum absolute atomic E-state index is 8.52. The van der Waals surface area contributed by atoms with E-state index < -0.39 is 0 Å². The van der Waals surface area contributed by atoms with E-state index in [0.717, 1.165) is 12.8 Å². The highest BCUT2D eigenvalue weighted by molar-refractivity contribution is 4.97. The first-order valence-electron chi connectivity index (χ1n) is 3.45. The van der Waals surface area contributed by atoms with Crippen molar-refractivity contribution in [2.45, 2.75) is 18.9 Å². The fourth-order valence-electron chi connectivity index (χ4n) is 0.594. The zero-order chi connectivity index (χ0) is 7.82. The molecule has 0 saturated heterocycles. The summed E-state index contributed by atoms with van der Waals surface area (Å²) in [6.07, 6.45) is 7.34. The summed E-state index contributed by atoms with van der Waals surface area (Å²) in [5.41, 5.74) is 5.45. The van der Waals surface area contributed by atoms with Crippen molar-refractivity contribution in [3.63, 3.8) is 0 Å². The third-order valence-corrected chi connectivity index (χ3v) is 1.21. The maximum atomic E-state index is 8.52. The number of hydrogen-bond acceptors (Lipinski definition) is 2. The molecule has 0 saturated carbocycles. The van der Waals surface area contributed by atoms with Crippen LogP contribution in [0.25, 0.3) is 0 Å². The van der Waals surface area contributed by atoms with Gasteiger partial charge >= 0.3 is 0 Å². The van der Waals surface area contributed by atoms with Crippen molar-refractivity contribution >= 4 is 0 Å². The Morgan fingerprint density at radius 2 is 2.30 bits per heavy atom. The van der Waals surface area contributed by atoms with E-state index in [0.29, 0.717) is 0 Å². The molecule has 0 aliphatic carbocycles. The number of aliphatic hydroxyl groups excluding tert-OH is 1. The summed E-state index contributed by atoms with van der Waals surface area (Å²) in [6, 6.07) is -0.0746. The molecule has 0 unspecified atom stereocenters. The minimum atomic E-state index is -0.0746. The van der Waals surface area contributed by atoms with Gasteiger partial charge in [0.05, 0.1) is 6.61 Å². The molecule has 0 rings (SSSR count). The van der Waals surface area contributed by atoms with E-state index in [-0.39, 0.29) is 12.6 Å². The summed E-state index contributed by atoms with van der Waals surface area (Å²) in [5.74, 6) is 0. The summed E-state index contributed by atoms with van der Waals surface area (Å²) in [5, 5.41) is 8.52. The molecule has 10 heavy (non-hydrogen) atoms. The van der Waals surface area contributed by atoms with Gasteiger partial charge in [0.15, 0.2) is 0 Å². The molecule has 0 fully saturated rings. The molecule has 3 N–H and O–H groups in total. The summed E-state index contributed by atoms with van der Waals surface area (Å²) < 4.78 is 0. The lowest BCUT2D eigenvalue weighted by molar-refractivity contribution is 0.260. The van der Waals surface area contributed by atoms with Crippen LogP contribution in [0, 0.1) is 0 Å². The zero-order valence-electron chi connectivity index (χ0n) is 6.16. The lowest BCUT2D eigenvalue weighted by Gasteiger charge is -2.03. The fourth-order valence-corrected chi connectivity index (χ4v) is 0.594. The molecule has 2 heteroatoms. The highest BCUT2D eigenvalue weighted by Gasteiger charge is 1.95. The lowest BCUT2D eigenvalue weighted by atomic mass is 10.2. The van der Waals surface area contributed by atoms with Crippen LogP contribution >= 0.6 is 0 Å². The van der Waals surface area contributed by atoms with E-state index in [9.17, 15) is 0 Å². The second-order valence-corrected chi connectivity index (χ2v) is 2.18. The average molecular weight is 141 g/mol. The van der Waals surface area contributed by atoms with Crippen LogP contribution in [-0.2, 0) is 0 Å². The molecule has 0 aromatic rings. The fraction of sp³-hybridized carbons (Fsp3) is 0.500. The Bertz CT molecular complexity index is 110. The number of hydrogen-bond donors (Lipinski definition) is 2. The van der Waals surface area contributed by atoms with Crippen LogP contribution in [0.2, 0.25) is 0 Å². The van der Waals surface area contributed by atoms with Crippen molar-refractivity contribution in [2.75, 3.05) is 6.61 Å². The molecular formula is C8H15NO. The topological polar surface area (TPSA) is 46.2 Å². The molecule has 0 radical (unpaired) electrons. The van der Waals surface area contributed by atoms with Gasteiger partial charge in [0.1, 0.15) is 0 Å². The summed E-state index contributed by atoms with van der Waals surface area (Å²) in [7, 11) is 0. The predicted octanol–water partition coefficient (Wildman–Crippen LogP) is 0.828. The van der Waals surface area contributed by atoms with E-state index >= 15 is 0 Å². The van der Waals surface area contributed by atoms with Gasteiger partial charge in [0, 0.05) is 6.04 Å². The van der Waals surface area contributed by atoms with E-state index in [2.05, 4.69) is 6.58 Å². The van der Waals surface area contributed by atoms with Gasteiger partial charge in [-0.25, -0.2) is 0 Å². The second-order valence-electron chi connectivity index (χ2n) is 2.18. The van der Waals surface area contributed by atoms with E-state index in [1.807, 2.05) is 12.2 Å². The van der Waals surface area contributed by atoms with Crippen molar-refractivity contribution in [2.24, 2.45) is 5.73 Å². The maximum Gasteiger partial charge on any atom is 0.0582 e. The molecule has 1 atom stereocenters. The van der Waals surface area contributed by atoms with Crippen LogP contribution in [0.5, 0.6) is 0 Å². The van der Waals surface area contributed by atoms with Crippen molar-refractivity contribution in [3.8, 4) is 0 Å². The Morgan fingerprint density at radius 1 is 1.60 bits per heavy atom. The standard InChI is InChI=1S/C8H15NO/c1-2-3-4-5-6-8(9)7-10/h2-4,8,10H,1,5-7,9H2/b4-3-/t8-/m1/s1. The Balaban J connectivity index is 3.18. The third kappa shape index (κ3) is 5.54. The van der Waals surface area contributed by atoms with Gasteiger partial charge in [-0.3, -0.25) is 0 Å². The number of rotatable bonds is 5. The Morgan fingerprint density at radius 3 is 2.80 bits per heavy atom. The van der Waals surface area contributed by atoms with Crippen LogP contribution in [-0.4, -0.2) is 17.8 Å². The molecule has 2 nitrogen and oxygen atoms in total. The Labute approximate surface area is 62.0 Å². The van der Waals surface area contributed by atoms with Gasteiger partial charge in [-0.2, -0.15) is 0 Å². The van der Waals surface area contributed by atoms with Crippen LogP contribution in [0.3, 0.4) is 0 Å². The quantitative estimate of drug-likeness (QED) is 0.557. The first-order chi connectivity index (χ1) is 4.81. The predicted molar refractivity (Wildman–Crippen MR) is 43.6 cm³/mol. The highest BCUT2D eigenvalue weighted by Crippen LogP contribution is 1.94. The smallest absolute Gasteiger partial charge is 0.0582 e. The van der Waals surface area contributed by atoms with Crippen LogP contribution in [0.15, 0.2) is 24.8 Å². The first kappa shape index (κ1) is 9.40. The summed E-state index contributed by atoms with van der Waals surface area (Å²) >= 11 is 0. The average Bonchev–Trinajstić information content (AvgIpc) is 1.98. The molecule has 0 aliphatic rings. The molecular weight excluding hydrogens is 126 g/mol. The lowest BCUT2D eigenvalue weighted by Crippen LogP contribution is -2.23. The van der Waals surface area contributed by atoms with E-state index in [4.69, 9.17) is 10.8 Å². The van der Waals surface area contributed by atoms with Crippen molar-refractivity contribution in [3.05, 3.63) is 24.8 Å². The Hall–Kier alpha value is -0.600. The van der Waals surface area contributed by atoms with Crippen LogP contribution in [0.1, 0.15) is 12.8 Å². The van der Waals surface area contributed by atoms with Gasteiger partial charge in [0.25, 0.3) is 0 Å². The molecule has 0 amide bonds. The van der Waals surface area contributed by atoms with Gasteiger partial charge < -0.3 is 10.8 Å². The van der Waals surface area contributed by atoms with E-state index in [1.165, 1.54) is 0 Å². The molecule has 0 bridgehead atoms. The largest absolute Gasteiger partial charge is 0.395 e. The summed E-state index contributed by atoms with van der Waals surface area (Å²) in [6.45, 7) is 3.60.